The smallest absolute Gasteiger partial charge is 0.375 e. The lowest BCUT2D eigenvalue weighted by Gasteiger charge is -2.13. The molecular formula is C22H17N3O7. The predicted octanol–water partition coefficient (Wildman–Crippen LogP) is 1.16. The molecule has 1 heterocycles. The van der Waals surface area contributed by atoms with E-state index in [0.717, 1.165) is 7.11 Å². The van der Waals surface area contributed by atoms with Gasteiger partial charge in [0.25, 0.3) is 17.2 Å². The van der Waals surface area contributed by atoms with Gasteiger partial charge in [-0.15, -0.1) is 0 Å². The van der Waals surface area contributed by atoms with E-state index in [-0.39, 0.29) is 22.6 Å². The van der Waals surface area contributed by atoms with Gasteiger partial charge in [0, 0.05) is 11.3 Å². The number of amides is 1. The summed E-state index contributed by atoms with van der Waals surface area (Å²) in [6.45, 7) is 1.33. The highest BCUT2D eigenvalue weighted by Gasteiger charge is 2.40. The number of nitrogens with zero attached hydrogens (tertiary/aromatic N) is 1. The molecule has 2 N–H and O–H groups in total. The van der Waals surface area contributed by atoms with Gasteiger partial charge in [0.05, 0.1) is 18.1 Å². The fourth-order valence-corrected chi connectivity index (χ4v) is 2.96. The standard InChI is InChI=1S/C22H17N3O7/c1-11(26)12-6-5-7-13(10-12)23-21(30)18(27)16(19(28)22(31)32-2)17-20(29)25-15-9-4-3-8-14(15)24-17/h3-10,16H,1-2H3,(H,23,30)(H,25,29). The van der Waals surface area contributed by atoms with Crippen molar-refractivity contribution in [2.75, 3.05) is 12.4 Å². The molecule has 0 aliphatic heterocycles. The first kappa shape index (κ1) is 22.2. The summed E-state index contributed by atoms with van der Waals surface area (Å²) >= 11 is 0. The number of esters is 1. The summed E-state index contributed by atoms with van der Waals surface area (Å²) in [5.41, 5.74) is -0.552. The molecule has 0 aliphatic rings. The Balaban J connectivity index is 2.03. The van der Waals surface area contributed by atoms with E-state index in [4.69, 9.17) is 0 Å². The van der Waals surface area contributed by atoms with Crippen LogP contribution in [-0.4, -0.2) is 46.3 Å². The highest BCUT2D eigenvalue weighted by Crippen LogP contribution is 2.18. The Morgan fingerprint density at radius 1 is 1.00 bits per heavy atom. The van der Waals surface area contributed by atoms with Gasteiger partial charge in [-0.1, -0.05) is 24.3 Å². The molecule has 3 aromatic rings. The number of aromatic nitrogens is 2. The maximum absolute atomic E-state index is 12.9. The van der Waals surface area contributed by atoms with Crippen LogP contribution in [0.25, 0.3) is 11.0 Å². The minimum Gasteiger partial charge on any atom is -0.463 e. The van der Waals surface area contributed by atoms with Gasteiger partial charge in [-0.2, -0.15) is 0 Å². The molecule has 0 fully saturated rings. The number of hydrogen-bond acceptors (Lipinski definition) is 8. The van der Waals surface area contributed by atoms with Crippen molar-refractivity contribution < 1.29 is 28.7 Å². The van der Waals surface area contributed by atoms with Crippen molar-refractivity contribution in [2.24, 2.45) is 0 Å². The average molecular weight is 435 g/mol. The van der Waals surface area contributed by atoms with E-state index in [1.54, 1.807) is 18.2 Å². The zero-order valence-electron chi connectivity index (χ0n) is 17.0. The van der Waals surface area contributed by atoms with Crippen LogP contribution < -0.4 is 10.9 Å². The number of aromatic amines is 1. The molecule has 10 heteroatoms. The number of ether oxygens (including phenoxy) is 1. The monoisotopic (exact) mass is 435 g/mol. The molecule has 1 amide bonds. The molecule has 1 aromatic heterocycles. The first-order chi connectivity index (χ1) is 15.2. The van der Waals surface area contributed by atoms with E-state index in [0.29, 0.717) is 5.52 Å². The first-order valence-electron chi connectivity index (χ1n) is 9.30. The number of rotatable bonds is 7. The quantitative estimate of drug-likeness (QED) is 0.243. The van der Waals surface area contributed by atoms with Gasteiger partial charge in [-0.3, -0.25) is 24.0 Å². The summed E-state index contributed by atoms with van der Waals surface area (Å²) in [7, 11) is 0.924. The largest absolute Gasteiger partial charge is 0.463 e. The lowest BCUT2D eigenvalue weighted by atomic mass is 9.94. The van der Waals surface area contributed by atoms with Crippen molar-refractivity contribution in [1.29, 1.82) is 0 Å². The van der Waals surface area contributed by atoms with E-state index < -0.39 is 40.6 Å². The molecule has 0 saturated carbocycles. The Morgan fingerprint density at radius 3 is 2.41 bits per heavy atom. The highest BCUT2D eigenvalue weighted by molar-refractivity contribution is 6.52. The summed E-state index contributed by atoms with van der Waals surface area (Å²) in [5.74, 6) is -7.88. The minimum atomic E-state index is -2.12. The van der Waals surface area contributed by atoms with Gasteiger partial charge in [-0.25, -0.2) is 9.78 Å². The van der Waals surface area contributed by atoms with Crippen LogP contribution in [-0.2, 0) is 23.9 Å². The predicted molar refractivity (Wildman–Crippen MR) is 112 cm³/mol. The molecule has 0 saturated heterocycles. The number of carbonyl (C=O) groups excluding carboxylic acids is 5. The number of H-pyrrole nitrogens is 1. The molecule has 0 bridgehead atoms. The van der Waals surface area contributed by atoms with Gasteiger partial charge in [0.1, 0.15) is 11.6 Å². The maximum Gasteiger partial charge on any atom is 0.375 e. The molecular weight excluding hydrogens is 418 g/mol. The van der Waals surface area contributed by atoms with Crippen molar-refractivity contribution in [2.45, 2.75) is 12.8 Å². The first-order valence-corrected chi connectivity index (χ1v) is 9.30. The third kappa shape index (κ3) is 4.48. The molecule has 162 valence electrons. The van der Waals surface area contributed by atoms with Crippen molar-refractivity contribution in [3.05, 3.63) is 70.1 Å². The minimum absolute atomic E-state index is 0.112. The third-order valence-electron chi connectivity index (χ3n) is 4.56. The van der Waals surface area contributed by atoms with Crippen molar-refractivity contribution >= 4 is 45.9 Å². The molecule has 2 aromatic carbocycles. The Bertz CT molecular complexity index is 1330. The number of anilines is 1. The third-order valence-corrected chi connectivity index (χ3v) is 4.56. The molecule has 1 atom stereocenters. The van der Waals surface area contributed by atoms with E-state index in [1.807, 2.05) is 0 Å². The van der Waals surface area contributed by atoms with Crippen LogP contribution in [0.5, 0.6) is 0 Å². The van der Waals surface area contributed by atoms with Crippen LogP contribution in [0.2, 0.25) is 0 Å². The topological polar surface area (TPSA) is 152 Å². The molecule has 0 spiro atoms. The Hall–Kier alpha value is -4.47. The number of nitrogens with one attached hydrogen (secondary N) is 2. The second kappa shape index (κ2) is 9.13. The van der Waals surface area contributed by atoms with Gasteiger partial charge < -0.3 is 15.0 Å². The second-order valence-corrected chi connectivity index (χ2v) is 6.71. The Labute approximate surface area is 180 Å². The van der Waals surface area contributed by atoms with E-state index in [1.165, 1.54) is 37.3 Å². The van der Waals surface area contributed by atoms with Crippen molar-refractivity contribution in [3.8, 4) is 0 Å². The molecule has 10 nitrogen and oxygen atoms in total. The fraction of sp³-hybridized carbons (Fsp3) is 0.136. The van der Waals surface area contributed by atoms with E-state index in [9.17, 15) is 28.8 Å². The SMILES string of the molecule is COC(=O)C(=O)C(C(=O)C(=O)Nc1cccc(C(C)=O)c1)c1nc2ccccc2[nH]c1=O. The van der Waals surface area contributed by atoms with Crippen LogP contribution in [0, 0.1) is 0 Å². The van der Waals surface area contributed by atoms with Gasteiger partial charge >= 0.3 is 5.97 Å². The highest BCUT2D eigenvalue weighted by atomic mass is 16.5. The number of hydrogen-bond donors (Lipinski definition) is 2. The van der Waals surface area contributed by atoms with Crippen LogP contribution in [0.4, 0.5) is 5.69 Å². The van der Waals surface area contributed by atoms with Crippen LogP contribution >= 0.6 is 0 Å². The normalized spacial score (nSPS) is 11.4. The van der Waals surface area contributed by atoms with Crippen LogP contribution in [0.15, 0.2) is 53.3 Å². The summed E-state index contributed by atoms with van der Waals surface area (Å²) < 4.78 is 4.38. The Kier molecular flexibility index (Phi) is 6.34. The lowest BCUT2D eigenvalue weighted by molar-refractivity contribution is -0.154. The maximum atomic E-state index is 12.9. The second-order valence-electron chi connectivity index (χ2n) is 6.71. The van der Waals surface area contributed by atoms with Gasteiger partial charge in [0.15, 0.2) is 5.78 Å². The zero-order chi connectivity index (χ0) is 23.4. The van der Waals surface area contributed by atoms with Crippen LogP contribution in [0.3, 0.4) is 0 Å². The molecule has 0 radical (unpaired) electrons. The number of fused-ring (bicyclic) bond motifs is 1. The number of carbonyl (C=O) groups is 5. The fourth-order valence-electron chi connectivity index (χ4n) is 2.96. The summed E-state index contributed by atoms with van der Waals surface area (Å²) in [6, 6.07) is 12.1. The summed E-state index contributed by atoms with van der Waals surface area (Å²) in [6.07, 6.45) is 0. The van der Waals surface area contributed by atoms with Crippen molar-refractivity contribution in [1.82, 2.24) is 9.97 Å². The van der Waals surface area contributed by atoms with E-state index >= 15 is 0 Å². The molecule has 3 rings (SSSR count). The molecule has 32 heavy (non-hydrogen) atoms. The molecule has 1 unspecified atom stereocenters. The number of methoxy groups -OCH3 is 1. The zero-order valence-corrected chi connectivity index (χ0v) is 17.0. The summed E-state index contributed by atoms with van der Waals surface area (Å²) in [4.78, 5) is 80.6. The summed E-state index contributed by atoms with van der Waals surface area (Å²) in [5, 5.41) is 2.27. The van der Waals surface area contributed by atoms with Crippen LogP contribution in [0.1, 0.15) is 28.9 Å². The lowest BCUT2D eigenvalue weighted by Crippen LogP contribution is -2.39. The van der Waals surface area contributed by atoms with E-state index in [2.05, 4.69) is 20.0 Å². The average Bonchev–Trinajstić information content (AvgIpc) is 2.78. The number of Topliss-reactive ketones (excluding diaryl/α,β-unsaturated/α-hetero) is 3. The van der Waals surface area contributed by atoms with Crippen molar-refractivity contribution in [3.63, 3.8) is 0 Å². The number of ketones is 3. The van der Waals surface area contributed by atoms with Gasteiger partial charge in [-0.05, 0) is 31.2 Å². The number of benzene rings is 2. The number of para-hydroxylation sites is 2. The molecule has 0 aliphatic carbocycles. The Morgan fingerprint density at radius 2 is 1.72 bits per heavy atom. The van der Waals surface area contributed by atoms with Gasteiger partial charge in [0.2, 0.25) is 5.78 Å².